The summed E-state index contributed by atoms with van der Waals surface area (Å²) >= 11 is 0. The monoisotopic (exact) mass is 506 g/mol. The van der Waals surface area contributed by atoms with Crippen molar-refractivity contribution < 1.29 is 44.6 Å². The van der Waals surface area contributed by atoms with E-state index in [0.29, 0.717) is 5.56 Å². The highest BCUT2D eigenvalue weighted by Crippen LogP contribution is 2.48. The molecule has 9 heteroatoms. The van der Waals surface area contributed by atoms with Gasteiger partial charge in [0.1, 0.15) is 29.3 Å². The highest BCUT2D eigenvalue weighted by molar-refractivity contribution is 6.16. The minimum absolute atomic E-state index is 0.0814. The first kappa shape index (κ1) is 24.9. The van der Waals surface area contributed by atoms with E-state index in [1.807, 2.05) is 0 Å². The third-order valence-corrected chi connectivity index (χ3v) is 7.00. The van der Waals surface area contributed by atoms with Gasteiger partial charge in [-0.15, -0.1) is 0 Å². The summed E-state index contributed by atoms with van der Waals surface area (Å²) in [6, 6.07) is 15.4. The molecule has 0 spiro atoms. The maximum atomic E-state index is 13.2. The molecule has 0 saturated carbocycles. The summed E-state index contributed by atoms with van der Waals surface area (Å²) in [5, 5.41) is 54.8. The lowest BCUT2D eigenvalue weighted by Crippen LogP contribution is -2.56. The third-order valence-electron chi connectivity index (χ3n) is 7.00. The minimum atomic E-state index is -1.97. The number of phenols is 2. The average molecular weight is 507 g/mol. The third kappa shape index (κ3) is 4.15. The molecule has 0 aromatic heterocycles. The number of rotatable bonds is 4. The molecule has 5 rings (SSSR count). The first-order valence-corrected chi connectivity index (χ1v) is 11.8. The smallest absolute Gasteiger partial charge is 0.338 e. The molecule has 1 aliphatic carbocycles. The van der Waals surface area contributed by atoms with Gasteiger partial charge in [-0.2, -0.15) is 0 Å². The molecule has 0 amide bonds. The fourth-order valence-corrected chi connectivity index (χ4v) is 5.16. The van der Waals surface area contributed by atoms with Crippen LogP contribution in [0.5, 0.6) is 11.5 Å². The number of esters is 1. The molecule has 5 N–H and O–H groups in total. The predicted octanol–water partition coefficient (Wildman–Crippen LogP) is 1.92. The van der Waals surface area contributed by atoms with Crippen molar-refractivity contribution in [3.63, 3.8) is 0 Å². The Morgan fingerprint density at radius 2 is 1.68 bits per heavy atom. The normalized spacial score (nSPS) is 26.8. The fourth-order valence-electron chi connectivity index (χ4n) is 5.16. The number of fused-ring (bicyclic) bond motifs is 2. The lowest BCUT2D eigenvalue weighted by molar-refractivity contribution is -0.198. The molecule has 3 aromatic carbocycles. The lowest BCUT2D eigenvalue weighted by atomic mass is 9.70. The summed E-state index contributed by atoms with van der Waals surface area (Å²) in [7, 11) is 0. The van der Waals surface area contributed by atoms with Gasteiger partial charge in [-0.1, -0.05) is 36.4 Å². The molecule has 0 bridgehead atoms. The van der Waals surface area contributed by atoms with Gasteiger partial charge < -0.3 is 35.0 Å². The number of aliphatic hydroxyl groups excluding tert-OH is 2. The molecule has 1 aliphatic heterocycles. The Hall–Kier alpha value is -3.76. The van der Waals surface area contributed by atoms with E-state index in [1.165, 1.54) is 24.3 Å². The molecule has 1 fully saturated rings. The molecule has 37 heavy (non-hydrogen) atoms. The Kier molecular flexibility index (Phi) is 6.25. The van der Waals surface area contributed by atoms with Crippen molar-refractivity contribution in [2.24, 2.45) is 0 Å². The van der Waals surface area contributed by atoms with Crippen molar-refractivity contribution in [2.75, 3.05) is 6.61 Å². The predicted molar refractivity (Wildman–Crippen MR) is 129 cm³/mol. The van der Waals surface area contributed by atoms with E-state index in [0.717, 1.165) is 0 Å². The number of aromatic hydroxyl groups is 2. The van der Waals surface area contributed by atoms with Crippen LogP contribution in [0.1, 0.15) is 49.4 Å². The molecule has 1 heterocycles. The van der Waals surface area contributed by atoms with Gasteiger partial charge in [-0.3, -0.25) is 4.79 Å². The number of benzene rings is 3. The van der Waals surface area contributed by atoms with Crippen LogP contribution in [0.4, 0.5) is 0 Å². The zero-order valence-corrected chi connectivity index (χ0v) is 19.9. The second kappa shape index (κ2) is 9.28. The van der Waals surface area contributed by atoms with E-state index in [-0.39, 0.29) is 52.3 Å². The van der Waals surface area contributed by atoms with Crippen molar-refractivity contribution in [3.05, 3.63) is 94.0 Å². The number of phenolic OH excluding ortho intramolecular Hbond substituents is 2. The number of aryl methyl sites for hydroxylation is 1. The molecule has 0 radical (unpaired) electrons. The molecule has 5 atom stereocenters. The topological polar surface area (TPSA) is 154 Å². The standard InChI is InChI=1S/C28H26O9/c1-14-10-17-23(19(30)11-14)26(33)22-16(8-5-9-18(22)29)28(17,35)12-20-24(31)25(32)21(13-36-20)37-27(34)15-6-3-2-4-7-15/h2-11,20-21,24-25,29-32,35H,12-13H2,1H3/t20-,21-,24-,25-,28-/m1/s1. The van der Waals surface area contributed by atoms with Gasteiger partial charge >= 0.3 is 5.97 Å². The zero-order chi connectivity index (χ0) is 26.5. The summed E-state index contributed by atoms with van der Waals surface area (Å²) in [4.78, 5) is 25.6. The molecule has 192 valence electrons. The molecule has 9 nitrogen and oxygen atoms in total. The summed E-state index contributed by atoms with van der Waals surface area (Å²) in [6.07, 6.45) is -5.72. The van der Waals surface area contributed by atoms with Crippen molar-refractivity contribution in [3.8, 4) is 11.5 Å². The van der Waals surface area contributed by atoms with Crippen LogP contribution in [0.3, 0.4) is 0 Å². The van der Waals surface area contributed by atoms with Crippen LogP contribution >= 0.6 is 0 Å². The summed E-state index contributed by atoms with van der Waals surface area (Å²) in [6.45, 7) is 1.43. The Morgan fingerprint density at radius 1 is 0.973 bits per heavy atom. The molecule has 1 saturated heterocycles. The van der Waals surface area contributed by atoms with Gasteiger partial charge in [0.2, 0.25) is 5.78 Å². The van der Waals surface area contributed by atoms with Crippen molar-refractivity contribution >= 4 is 11.8 Å². The van der Waals surface area contributed by atoms with E-state index >= 15 is 0 Å². The van der Waals surface area contributed by atoms with Crippen LogP contribution in [0.15, 0.2) is 60.7 Å². The van der Waals surface area contributed by atoms with Crippen LogP contribution < -0.4 is 0 Å². The number of ketones is 1. The van der Waals surface area contributed by atoms with E-state index in [9.17, 15) is 35.1 Å². The molecule has 3 aromatic rings. The molecular formula is C28H26O9. The second-order valence-corrected chi connectivity index (χ2v) is 9.46. The quantitative estimate of drug-likeness (QED) is 0.334. The van der Waals surface area contributed by atoms with Crippen LogP contribution in [-0.4, -0.2) is 68.3 Å². The number of carbonyl (C=O) groups excluding carboxylic acids is 2. The van der Waals surface area contributed by atoms with Crippen molar-refractivity contribution in [1.82, 2.24) is 0 Å². The summed E-state index contributed by atoms with van der Waals surface area (Å²) < 4.78 is 11.1. The Balaban J connectivity index is 1.46. The Labute approximate surface area is 212 Å². The number of hydrogen-bond acceptors (Lipinski definition) is 9. The lowest BCUT2D eigenvalue weighted by Gasteiger charge is -2.43. The maximum absolute atomic E-state index is 13.2. The van der Waals surface area contributed by atoms with E-state index < -0.39 is 41.8 Å². The Bertz CT molecular complexity index is 1370. The van der Waals surface area contributed by atoms with E-state index in [1.54, 1.807) is 43.3 Å². The van der Waals surface area contributed by atoms with Gasteiger partial charge in [-0.25, -0.2) is 4.79 Å². The number of ether oxygens (including phenoxy) is 2. The molecular weight excluding hydrogens is 480 g/mol. The first-order valence-electron chi connectivity index (χ1n) is 11.8. The minimum Gasteiger partial charge on any atom is -0.507 e. The Morgan fingerprint density at radius 3 is 2.41 bits per heavy atom. The van der Waals surface area contributed by atoms with E-state index in [4.69, 9.17) is 9.47 Å². The van der Waals surface area contributed by atoms with Crippen LogP contribution in [0.2, 0.25) is 0 Å². The van der Waals surface area contributed by atoms with E-state index in [2.05, 4.69) is 0 Å². The van der Waals surface area contributed by atoms with Crippen LogP contribution in [-0.2, 0) is 15.1 Å². The highest BCUT2D eigenvalue weighted by atomic mass is 16.6. The SMILES string of the molecule is Cc1cc(O)c2c(c1)[C@@](O)(C[C@H]1OC[C@@H](OC(=O)c3ccccc3)[C@@H](O)[C@@H]1O)c1cccc(O)c1C2=O. The largest absolute Gasteiger partial charge is 0.507 e. The number of carbonyl (C=O) groups is 2. The van der Waals surface area contributed by atoms with Gasteiger partial charge in [-0.05, 0) is 36.8 Å². The van der Waals surface area contributed by atoms with Crippen LogP contribution in [0.25, 0.3) is 0 Å². The summed E-state index contributed by atoms with van der Waals surface area (Å²) in [5.74, 6) is -2.06. The van der Waals surface area contributed by atoms with Crippen molar-refractivity contribution in [2.45, 2.75) is 43.4 Å². The number of aliphatic hydroxyl groups is 3. The van der Waals surface area contributed by atoms with Crippen LogP contribution in [0, 0.1) is 6.92 Å². The average Bonchev–Trinajstić information content (AvgIpc) is 2.87. The fraction of sp³-hybridized carbons (Fsp3) is 0.286. The van der Waals surface area contributed by atoms with Gasteiger partial charge in [0.05, 0.1) is 29.4 Å². The number of hydrogen-bond donors (Lipinski definition) is 5. The molecule has 0 unspecified atom stereocenters. The van der Waals surface area contributed by atoms with Crippen molar-refractivity contribution in [1.29, 1.82) is 0 Å². The first-order chi connectivity index (χ1) is 17.6. The maximum Gasteiger partial charge on any atom is 0.338 e. The van der Waals surface area contributed by atoms with Gasteiger partial charge in [0.25, 0.3) is 0 Å². The molecule has 2 aliphatic rings. The zero-order valence-electron chi connectivity index (χ0n) is 19.9. The van der Waals surface area contributed by atoms with Gasteiger partial charge in [0, 0.05) is 17.5 Å². The summed E-state index contributed by atoms with van der Waals surface area (Å²) in [5.41, 5.74) is -1.28. The van der Waals surface area contributed by atoms with Gasteiger partial charge in [0.15, 0.2) is 6.10 Å². The second-order valence-electron chi connectivity index (χ2n) is 9.46. The highest BCUT2D eigenvalue weighted by Gasteiger charge is 2.50.